The molecule has 3 N–H and O–H groups in total. The van der Waals surface area contributed by atoms with Gasteiger partial charge in [0.1, 0.15) is 29.6 Å². The molecule has 60 heavy (non-hydrogen) atoms. The van der Waals surface area contributed by atoms with Gasteiger partial charge in [0, 0.05) is 11.4 Å². The summed E-state index contributed by atoms with van der Waals surface area (Å²) in [6.45, 7) is 10.2. The molecule has 0 spiro atoms. The predicted octanol–water partition coefficient (Wildman–Crippen LogP) is 8.76. The summed E-state index contributed by atoms with van der Waals surface area (Å²) in [6, 6.07) is 32.3. The summed E-state index contributed by atoms with van der Waals surface area (Å²) in [7, 11) is 0. The van der Waals surface area contributed by atoms with E-state index >= 15 is 0 Å². The topological polar surface area (TPSA) is 171 Å². The van der Waals surface area contributed by atoms with Crippen LogP contribution in [0.15, 0.2) is 120 Å². The van der Waals surface area contributed by atoms with Crippen molar-refractivity contribution in [2.75, 3.05) is 0 Å². The van der Waals surface area contributed by atoms with Crippen molar-refractivity contribution in [1.82, 2.24) is 16.0 Å². The lowest BCUT2D eigenvalue weighted by molar-refractivity contribution is -0.149. The molecule has 0 heterocycles. The molecule has 5 rings (SSSR count). The van der Waals surface area contributed by atoms with Gasteiger partial charge in [0.15, 0.2) is 0 Å². The first-order valence-electron chi connectivity index (χ1n) is 19.1. The molecule has 0 saturated carbocycles. The van der Waals surface area contributed by atoms with Gasteiger partial charge in [-0.25, -0.2) is 24.2 Å². The average molecular weight is 835 g/mol. The maximum atomic E-state index is 13.4. The number of esters is 2. The van der Waals surface area contributed by atoms with Crippen LogP contribution < -0.4 is 20.7 Å². The third-order valence-corrected chi connectivity index (χ3v) is 8.62. The van der Waals surface area contributed by atoms with Gasteiger partial charge in [-0.15, -0.1) is 0 Å². The number of carbonyl (C=O) groups is 5. The third kappa shape index (κ3) is 14.3. The molecule has 0 aromatic heterocycles. The average Bonchev–Trinajstić information content (AvgIpc) is 3.17. The van der Waals surface area contributed by atoms with Crippen LogP contribution in [0.5, 0.6) is 5.75 Å². The molecule has 0 unspecified atom stereocenters. The fourth-order valence-corrected chi connectivity index (χ4v) is 5.87. The Kier molecular flexibility index (Phi) is 14.7. The zero-order valence-corrected chi connectivity index (χ0v) is 34.9. The summed E-state index contributed by atoms with van der Waals surface area (Å²) in [5.74, 6) is -1.89. The highest BCUT2D eigenvalue weighted by Gasteiger charge is 2.25. The number of rotatable bonds is 11. The minimum Gasteiger partial charge on any atom is -0.459 e. The number of hydrogen-bond donors (Lipinski definition) is 3. The van der Waals surface area contributed by atoms with Gasteiger partial charge in [0.2, 0.25) is 11.9 Å². The molecular formula is C46H47ClN4O9. The summed E-state index contributed by atoms with van der Waals surface area (Å²) >= 11 is 6.56. The van der Waals surface area contributed by atoms with Crippen LogP contribution >= 0.6 is 11.6 Å². The van der Waals surface area contributed by atoms with E-state index in [1.807, 2.05) is 72.8 Å². The quantitative estimate of drug-likeness (QED) is 0.0387. The number of aliphatic imine (C=N–C) groups is 1. The van der Waals surface area contributed by atoms with E-state index in [1.165, 1.54) is 36.4 Å². The summed E-state index contributed by atoms with van der Waals surface area (Å²) in [4.78, 5) is 69.0. The molecule has 0 aliphatic rings. The Morgan fingerprint density at radius 2 is 1.30 bits per heavy atom. The maximum absolute atomic E-state index is 13.4. The SMILES string of the molecule is CC(C)(C)OC(=O)NC(=Nc1ccc(C(=O)Oc2ccc(CC(=O)N[C@@H](Cc3ccc4ccccc4c3)C(=O)OCc3ccccc3)c(Cl)c2)cc1)NC(=O)OC(C)(C)C. The van der Waals surface area contributed by atoms with Crippen molar-refractivity contribution < 1.29 is 42.9 Å². The van der Waals surface area contributed by atoms with Crippen LogP contribution in [-0.2, 0) is 43.2 Å². The fraction of sp³-hybridized carbons (Fsp3) is 0.261. The van der Waals surface area contributed by atoms with E-state index in [0.29, 0.717) is 5.56 Å². The van der Waals surface area contributed by atoms with Gasteiger partial charge in [-0.1, -0.05) is 90.5 Å². The van der Waals surface area contributed by atoms with E-state index in [0.717, 1.165) is 21.9 Å². The highest BCUT2D eigenvalue weighted by atomic mass is 35.5. The third-order valence-electron chi connectivity index (χ3n) is 8.27. The Morgan fingerprint density at radius 1 is 0.683 bits per heavy atom. The second-order valence-corrected chi connectivity index (χ2v) is 16.1. The number of alkyl carbamates (subject to hydrolysis) is 2. The molecular weight excluding hydrogens is 788 g/mol. The molecule has 3 amide bonds. The Labute approximate surface area is 353 Å². The van der Waals surface area contributed by atoms with Crippen molar-refractivity contribution in [1.29, 1.82) is 0 Å². The molecule has 13 nitrogen and oxygen atoms in total. The molecule has 5 aromatic rings. The highest BCUT2D eigenvalue weighted by molar-refractivity contribution is 6.31. The van der Waals surface area contributed by atoms with Crippen molar-refractivity contribution in [3.05, 3.63) is 143 Å². The molecule has 14 heteroatoms. The second-order valence-electron chi connectivity index (χ2n) is 15.7. The van der Waals surface area contributed by atoms with E-state index in [-0.39, 0.29) is 47.4 Å². The first-order chi connectivity index (χ1) is 28.4. The molecule has 0 aliphatic carbocycles. The first-order valence-corrected chi connectivity index (χ1v) is 19.4. The molecule has 5 aromatic carbocycles. The number of amides is 3. The van der Waals surface area contributed by atoms with E-state index in [4.69, 9.17) is 30.5 Å². The van der Waals surface area contributed by atoms with Crippen LogP contribution in [-0.4, -0.2) is 53.2 Å². The van der Waals surface area contributed by atoms with Crippen molar-refractivity contribution >= 4 is 64.1 Å². The summed E-state index contributed by atoms with van der Waals surface area (Å²) in [6.07, 6.45) is -1.68. The summed E-state index contributed by atoms with van der Waals surface area (Å²) in [5.41, 5.74) is 0.895. The standard InChI is InChI=1S/C46H47ClN4O9/c1-45(2,3)59-43(55)50-42(51-44(56)60-46(4,5)6)48-35-21-18-32(19-22-35)40(53)58-36-23-20-34(37(47)27-36)26-39(52)49-38(41(54)57-28-29-12-8-7-9-13-29)25-30-16-17-31-14-10-11-15-33(31)24-30/h7-24,27,38H,25-26,28H2,1-6H3,(H,49,52)(H2,48,50,51,55,56)/t38-/m0/s1. The van der Waals surface area contributed by atoms with Crippen LogP contribution in [0.2, 0.25) is 5.02 Å². The number of fused-ring (bicyclic) bond motifs is 1. The number of carbonyl (C=O) groups excluding carboxylic acids is 5. The molecule has 312 valence electrons. The van der Waals surface area contributed by atoms with Gasteiger partial charge in [-0.2, -0.15) is 0 Å². The zero-order valence-electron chi connectivity index (χ0n) is 34.2. The lowest BCUT2D eigenvalue weighted by Gasteiger charge is -2.22. The molecule has 0 aliphatic heterocycles. The predicted molar refractivity (Wildman–Crippen MR) is 228 cm³/mol. The fourth-order valence-electron chi connectivity index (χ4n) is 5.63. The number of benzene rings is 5. The van der Waals surface area contributed by atoms with Crippen molar-refractivity contribution in [2.24, 2.45) is 4.99 Å². The largest absolute Gasteiger partial charge is 0.459 e. The number of halogens is 1. The smallest absolute Gasteiger partial charge is 0.414 e. The highest BCUT2D eigenvalue weighted by Crippen LogP contribution is 2.25. The van der Waals surface area contributed by atoms with E-state index in [9.17, 15) is 24.0 Å². The van der Waals surface area contributed by atoms with Crippen LogP contribution in [0.3, 0.4) is 0 Å². The van der Waals surface area contributed by atoms with Gasteiger partial charge in [-0.3, -0.25) is 15.4 Å². The summed E-state index contributed by atoms with van der Waals surface area (Å²) in [5, 5.41) is 9.84. The lowest BCUT2D eigenvalue weighted by Crippen LogP contribution is -2.47. The molecule has 0 bridgehead atoms. The van der Waals surface area contributed by atoms with E-state index < -0.39 is 47.3 Å². The Morgan fingerprint density at radius 3 is 1.92 bits per heavy atom. The van der Waals surface area contributed by atoms with Gasteiger partial charge in [-0.05, 0) is 105 Å². The van der Waals surface area contributed by atoms with Crippen LogP contribution in [0.4, 0.5) is 15.3 Å². The second kappa shape index (κ2) is 19.8. The van der Waals surface area contributed by atoms with Crippen molar-refractivity contribution in [3.8, 4) is 5.75 Å². The van der Waals surface area contributed by atoms with Crippen LogP contribution in [0.25, 0.3) is 10.8 Å². The van der Waals surface area contributed by atoms with Gasteiger partial charge >= 0.3 is 24.1 Å². The van der Waals surface area contributed by atoms with Crippen LogP contribution in [0.1, 0.15) is 68.6 Å². The van der Waals surface area contributed by atoms with Crippen molar-refractivity contribution in [2.45, 2.75) is 78.2 Å². The lowest BCUT2D eigenvalue weighted by atomic mass is 10.0. The minimum atomic E-state index is -0.979. The summed E-state index contributed by atoms with van der Waals surface area (Å²) < 4.78 is 21.7. The Bertz CT molecular complexity index is 2340. The zero-order chi connectivity index (χ0) is 43.5. The molecule has 0 saturated heterocycles. The Balaban J connectivity index is 1.23. The number of nitrogens with zero attached hydrogens (tertiary/aromatic N) is 1. The number of nitrogens with one attached hydrogen (secondary N) is 3. The first kappa shape index (κ1) is 44.4. The van der Waals surface area contributed by atoms with E-state index in [2.05, 4.69) is 20.9 Å². The van der Waals surface area contributed by atoms with Crippen molar-refractivity contribution in [3.63, 3.8) is 0 Å². The van der Waals surface area contributed by atoms with Crippen LogP contribution in [0, 0.1) is 0 Å². The molecule has 1 atom stereocenters. The van der Waals surface area contributed by atoms with Gasteiger partial charge in [0.05, 0.1) is 17.7 Å². The normalized spacial score (nSPS) is 11.7. The number of guanidine groups is 1. The van der Waals surface area contributed by atoms with Gasteiger partial charge in [0.25, 0.3) is 0 Å². The van der Waals surface area contributed by atoms with Gasteiger partial charge < -0.3 is 24.3 Å². The number of hydrogen-bond acceptors (Lipinski definition) is 10. The monoisotopic (exact) mass is 834 g/mol. The molecule has 0 radical (unpaired) electrons. The van der Waals surface area contributed by atoms with E-state index in [1.54, 1.807) is 47.6 Å². The minimum absolute atomic E-state index is 0.0510. The number of ether oxygens (including phenoxy) is 4. The Hall–Kier alpha value is -6.73. The molecule has 0 fully saturated rings. The maximum Gasteiger partial charge on any atom is 0.414 e.